The fraction of sp³-hybridized carbons (Fsp3) is 0.429. The molecule has 0 aliphatic carbocycles. The Morgan fingerprint density at radius 3 is 2.77 bits per heavy atom. The molecule has 2 bridgehead atoms. The van der Waals surface area contributed by atoms with Crippen molar-refractivity contribution >= 4 is 11.7 Å². The SMILES string of the molecule is CNC(=O)c1cccnc1N1C[C@H]2CC[C@@H](C1)N(Cc1ccccc1)C2. The predicted octanol–water partition coefficient (Wildman–Crippen LogP) is 2.54. The maximum atomic E-state index is 12.3. The average Bonchev–Trinajstić information content (AvgIpc) is 3.00. The van der Waals surface area contributed by atoms with Gasteiger partial charge in [-0.2, -0.15) is 0 Å². The molecule has 5 rings (SSSR count). The van der Waals surface area contributed by atoms with Crippen LogP contribution in [0.15, 0.2) is 48.7 Å². The second-order valence-electron chi connectivity index (χ2n) is 7.37. The fourth-order valence-corrected chi connectivity index (χ4v) is 4.32. The van der Waals surface area contributed by atoms with Crippen molar-refractivity contribution in [1.29, 1.82) is 0 Å². The summed E-state index contributed by atoms with van der Waals surface area (Å²) in [4.78, 5) is 21.8. The van der Waals surface area contributed by atoms with Gasteiger partial charge in [0.15, 0.2) is 0 Å². The summed E-state index contributed by atoms with van der Waals surface area (Å²) in [5.74, 6) is 1.38. The lowest BCUT2D eigenvalue weighted by Crippen LogP contribution is -2.43. The zero-order valence-corrected chi connectivity index (χ0v) is 15.3. The van der Waals surface area contributed by atoms with E-state index in [1.165, 1.54) is 18.4 Å². The second-order valence-corrected chi connectivity index (χ2v) is 7.37. The quantitative estimate of drug-likeness (QED) is 0.921. The van der Waals surface area contributed by atoms with Gasteiger partial charge in [0, 0.05) is 45.5 Å². The number of fused-ring (bicyclic) bond motifs is 4. The van der Waals surface area contributed by atoms with Gasteiger partial charge in [-0.05, 0) is 36.5 Å². The van der Waals surface area contributed by atoms with Crippen LogP contribution in [0, 0.1) is 5.92 Å². The van der Waals surface area contributed by atoms with Crippen LogP contribution in [0.3, 0.4) is 0 Å². The van der Waals surface area contributed by atoms with Crippen molar-refractivity contribution in [2.24, 2.45) is 5.92 Å². The van der Waals surface area contributed by atoms with E-state index >= 15 is 0 Å². The summed E-state index contributed by atoms with van der Waals surface area (Å²) in [5, 5.41) is 2.74. The molecule has 1 N–H and O–H groups in total. The first-order chi connectivity index (χ1) is 12.7. The number of rotatable bonds is 4. The molecular weight excluding hydrogens is 324 g/mol. The smallest absolute Gasteiger partial charge is 0.254 e. The number of pyridine rings is 1. The van der Waals surface area contributed by atoms with Gasteiger partial charge in [-0.1, -0.05) is 30.3 Å². The molecule has 4 heterocycles. The number of aromatic nitrogens is 1. The van der Waals surface area contributed by atoms with Gasteiger partial charge >= 0.3 is 0 Å². The van der Waals surface area contributed by atoms with Gasteiger partial charge in [-0.25, -0.2) is 4.98 Å². The van der Waals surface area contributed by atoms with Crippen LogP contribution in [0.2, 0.25) is 0 Å². The summed E-state index contributed by atoms with van der Waals surface area (Å²) in [6, 6.07) is 14.9. The van der Waals surface area contributed by atoms with Gasteiger partial charge < -0.3 is 10.2 Å². The minimum Gasteiger partial charge on any atom is -0.355 e. The lowest BCUT2D eigenvalue weighted by Gasteiger charge is -2.36. The number of piperidine rings is 1. The summed E-state index contributed by atoms with van der Waals surface area (Å²) >= 11 is 0. The fourth-order valence-electron chi connectivity index (χ4n) is 4.32. The molecule has 3 fully saturated rings. The van der Waals surface area contributed by atoms with Crippen molar-refractivity contribution in [2.45, 2.75) is 25.4 Å². The molecule has 5 nitrogen and oxygen atoms in total. The zero-order chi connectivity index (χ0) is 17.9. The van der Waals surface area contributed by atoms with Crippen molar-refractivity contribution in [1.82, 2.24) is 15.2 Å². The van der Waals surface area contributed by atoms with E-state index in [4.69, 9.17) is 0 Å². The van der Waals surface area contributed by atoms with E-state index in [2.05, 4.69) is 50.4 Å². The van der Waals surface area contributed by atoms with Crippen LogP contribution in [0.25, 0.3) is 0 Å². The molecule has 2 aromatic rings. The molecule has 5 heteroatoms. The molecule has 0 unspecified atom stereocenters. The molecule has 0 radical (unpaired) electrons. The van der Waals surface area contributed by atoms with E-state index in [1.807, 2.05) is 12.1 Å². The minimum absolute atomic E-state index is 0.0640. The van der Waals surface area contributed by atoms with Gasteiger partial charge in [0.05, 0.1) is 5.56 Å². The van der Waals surface area contributed by atoms with Crippen LogP contribution >= 0.6 is 0 Å². The molecular formula is C21H26N4O. The normalized spacial score (nSPS) is 22.9. The van der Waals surface area contributed by atoms with Crippen molar-refractivity contribution < 1.29 is 4.79 Å². The Bertz CT molecular complexity index is 764. The topological polar surface area (TPSA) is 48.5 Å². The lowest BCUT2D eigenvalue weighted by molar-refractivity contribution is 0.0963. The summed E-state index contributed by atoms with van der Waals surface area (Å²) in [5.41, 5.74) is 2.04. The molecule has 0 saturated carbocycles. The predicted molar refractivity (Wildman–Crippen MR) is 103 cm³/mol. The van der Waals surface area contributed by atoms with Crippen LogP contribution in [-0.4, -0.2) is 48.5 Å². The van der Waals surface area contributed by atoms with Gasteiger partial charge in [0.2, 0.25) is 0 Å². The first-order valence-corrected chi connectivity index (χ1v) is 9.44. The summed E-state index contributed by atoms with van der Waals surface area (Å²) in [7, 11) is 1.67. The molecule has 2 atom stereocenters. The summed E-state index contributed by atoms with van der Waals surface area (Å²) in [6.07, 6.45) is 4.26. The Kier molecular flexibility index (Phi) is 4.89. The molecule has 1 aromatic heterocycles. The van der Waals surface area contributed by atoms with Gasteiger partial charge in [-0.15, -0.1) is 0 Å². The standard InChI is InChI=1S/C21H26N4O/c1-22-21(26)19-8-5-11-23-20(19)25-14-17-9-10-18(15-25)24(13-17)12-16-6-3-2-4-7-16/h2-8,11,17-18H,9-10,12-15H2,1H3,(H,22,26)/t17-,18-/m0/s1. The van der Waals surface area contributed by atoms with E-state index in [0.29, 0.717) is 17.5 Å². The Morgan fingerprint density at radius 2 is 1.96 bits per heavy atom. The highest BCUT2D eigenvalue weighted by molar-refractivity contribution is 5.98. The molecule has 26 heavy (non-hydrogen) atoms. The molecule has 1 aromatic carbocycles. The van der Waals surface area contributed by atoms with Crippen LogP contribution in [-0.2, 0) is 6.54 Å². The molecule has 3 aliphatic heterocycles. The second kappa shape index (κ2) is 7.46. The van der Waals surface area contributed by atoms with Crippen molar-refractivity contribution in [3.05, 3.63) is 59.8 Å². The monoisotopic (exact) mass is 350 g/mol. The number of amides is 1. The zero-order valence-electron chi connectivity index (χ0n) is 15.3. The third-order valence-electron chi connectivity index (χ3n) is 5.61. The first-order valence-electron chi connectivity index (χ1n) is 9.44. The van der Waals surface area contributed by atoms with E-state index in [9.17, 15) is 4.79 Å². The Hall–Kier alpha value is -2.40. The highest BCUT2D eigenvalue weighted by atomic mass is 16.1. The molecule has 3 aliphatic rings. The number of nitrogens with zero attached hydrogens (tertiary/aromatic N) is 3. The summed E-state index contributed by atoms with van der Waals surface area (Å²) in [6.45, 7) is 4.03. The number of anilines is 1. The Balaban J connectivity index is 1.56. The Labute approximate surface area is 155 Å². The highest BCUT2D eigenvalue weighted by Crippen LogP contribution is 2.32. The van der Waals surface area contributed by atoms with Crippen LogP contribution < -0.4 is 10.2 Å². The first kappa shape index (κ1) is 17.0. The lowest BCUT2D eigenvalue weighted by atomic mass is 9.94. The number of hydrogen-bond donors (Lipinski definition) is 1. The van der Waals surface area contributed by atoms with Crippen LogP contribution in [0.1, 0.15) is 28.8 Å². The van der Waals surface area contributed by atoms with E-state index in [0.717, 1.165) is 32.0 Å². The maximum Gasteiger partial charge on any atom is 0.254 e. The highest BCUT2D eigenvalue weighted by Gasteiger charge is 2.36. The third kappa shape index (κ3) is 3.44. The third-order valence-corrected chi connectivity index (χ3v) is 5.61. The van der Waals surface area contributed by atoms with Gasteiger partial charge in [-0.3, -0.25) is 9.69 Å². The van der Waals surface area contributed by atoms with Crippen molar-refractivity contribution in [2.75, 3.05) is 31.6 Å². The number of benzene rings is 1. The van der Waals surface area contributed by atoms with Crippen molar-refractivity contribution in [3.63, 3.8) is 0 Å². The number of hydrogen-bond acceptors (Lipinski definition) is 4. The molecule has 0 spiro atoms. The number of carbonyl (C=O) groups is 1. The van der Waals surface area contributed by atoms with Gasteiger partial charge in [0.1, 0.15) is 5.82 Å². The minimum atomic E-state index is -0.0640. The van der Waals surface area contributed by atoms with Crippen LogP contribution in [0.5, 0.6) is 0 Å². The van der Waals surface area contributed by atoms with Crippen molar-refractivity contribution in [3.8, 4) is 0 Å². The average molecular weight is 350 g/mol. The van der Waals surface area contributed by atoms with Gasteiger partial charge in [0.25, 0.3) is 5.91 Å². The van der Waals surface area contributed by atoms with E-state index in [1.54, 1.807) is 13.2 Å². The molecule has 1 amide bonds. The van der Waals surface area contributed by atoms with E-state index < -0.39 is 0 Å². The summed E-state index contributed by atoms with van der Waals surface area (Å²) < 4.78 is 0. The van der Waals surface area contributed by atoms with E-state index in [-0.39, 0.29) is 5.91 Å². The molecule has 136 valence electrons. The Morgan fingerprint density at radius 1 is 1.12 bits per heavy atom. The van der Waals surface area contributed by atoms with Crippen LogP contribution in [0.4, 0.5) is 5.82 Å². The largest absolute Gasteiger partial charge is 0.355 e. The number of nitrogens with one attached hydrogen (secondary N) is 1. The maximum absolute atomic E-state index is 12.3. The molecule has 3 saturated heterocycles. The number of carbonyl (C=O) groups excluding carboxylic acids is 1.